The van der Waals surface area contributed by atoms with Crippen LogP contribution >= 0.6 is 15.9 Å². The molecular formula is C15H16BrNO. The van der Waals surface area contributed by atoms with Crippen LogP contribution in [0.4, 0.5) is 0 Å². The molecule has 0 aliphatic heterocycles. The molecule has 2 aromatic rings. The molecule has 0 heterocycles. The molecule has 0 aliphatic carbocycles. The maximum absolute atomic E-state index is 9.87. The average Bonchev–Trinajstić information content (AvgIpc) is 2.39. The second kappa shape index (κ2) is 6.69. The molecule has 0 unspecified atom stereocenters. The Hall–Kier alpha value is -1.16. The third-order valence-corrected chi connectivity index (χ3v) is 3.58. The highest BCUT2D eigenvalue weighted by Gasteiger charge is 2.04. The van der Waals surface area contributed by atoms with E-state index in [1.54, 1.807) is 0 Å². The third-order valence-electron chi connectivity index (χ3n) is 2.81. The van der Waals surface area contributed by atoms with E-state index in [-0.39, 0.29) is 0 Å². The average molecular weight is 306 g/mol. The van der Waals surface area contributed by atoms with Crippen LogP contribution < -0.4 is 0 Å². The summed E-state index contributed by atoms with van der Waals surface area (Å²) in [6.07, 6.45) is 0.824. The first-order valence-corrected chi connectivity index (χ1v) is 6.76. The third kappa shape index (κ3) is 3.95. The first-order chi connectivity index (χ1) is 8.75. The molecule has 0 amide bonds. The van der Waals surface area contributed by atoms with Crippen LogP contribution in [-0.2, 0) is 13.0 Å². The number of hydroxylamine groups is 2. The molecule has 3 heteroatoms. The van der Waals surface area contributed by atoms with Gasteiger partial charge in [-0.25, -0.2) is 0 Å². The van der Waals surface area contributed by atoms with Gasteiger partial charge in [-0.15, -0.1) is 0 Å². The van der Waals surface area contributed by atoms with Crippen LogP contribution in [0, 0.1) is 0 Å². The summed E-state index contributed by atoms with van der Waals surface area (Å²) in [6.45, 7) is 1.18. The molecule has 2 nitrogen and oxygen atoms in total. The van der Waals surface area contributed by atoms with Crippen LogP contribution in [-0.4, -0.2) is 16.8 Å². The molecule has 18 heavy (non-hydrogen) atoms. The molecule has 2 aromatic carbocycles. The summed E-state index contributed by atoms with van der Waals surface area (Å²) in [5, 5.41) is 11.2. The van der Waals surface area contributed by atoms with Crippen molar-refractivity contribution in [2.45, 2.75) is 13.0 Å². The maximum atomic E-state index is 9.87. The molecule has 2 rings (SSSR count). The summed E-state index contributed by atoms with van der Waals surface area (Å²) in [5.74, 6) is 0. The van der Waals surface area contributed by atoms with Gasteiger partial charge in [0.05, 0.1) is 0 Å². The highest BCUT2D eigenvalue weighted by atomic mass is 79.9. The highest BCUT2D eigenvalue weighted by Crippen LogP contribution is 2.16. The molecule has 0 saturated carbocycles. The topological polar surface area (TPSA) is 23.5 Å². The van der Waals surface area contributed by atoms with E-state index in [0.717, 1.165) is 16.5 Å². The van der Waals surface area contributed by atoms with Crippen LogP contribution in [0.25, 0.3) is 0 Å². The lowest BCUT2D eigenvalue weighted by Gasteiger charge is -2.15. The van der Waals surface area contributed by atoms with Crippen LogP contribution in [0.1, 0.15) is 11.1 Å². The molecule has 0 saturated heterocycles. The Morgan fingerprint density at radius 1 is 0.944 bits per heavy atom. The fourth-order valence-corrected chi connectivity index (χ4v) is 2.31. The zero-order valence-corrected chi connectivity index (χ0v) is 11.7. The predicted molar refractivity (Wildman–Crippen MR) is 76.5 cm³/mol. The van der Waals surface area contributed by atoms with Crippen molar-refractivity contribution in [2.75, 3.05) is 6.54 Å². The zero-order valence-electron chi connectivity index (χ0n) is 10.1. The number of benzene rings is 2. The van der Waals surface area contributed by atoms with Crippen molar-refractivity contribution >= 4 is 15.9 Å². The smallest absolute Gasteiger partial charge is 0.0488 e. The van der Waals surface area contributed by atoms with E-state index in [4.69, 9.17) is 0 Å². The van der Waals surface area contributed by atoms with Gasteiger partial charge in [-0.1, -0.05) is 64.5 Å². The van der Waals surface area contributed by atoms with Gasteiger partial charge in [0, 0.05) is 17.6 Å². The van der Waals surface area contributed by atoms with E-state index >= 15 is 0 Å². The standard InChI is InChI=1S/C15H16BrNO/c16-15-9-5-4-8-14(15)10-11-17(18)12-13-6-2-1-3-7-13/h1-9,18H,10-12H2. The molecule has 1 N–H and O–H groups in total. The van der Waals surface area contributed by atoms with E-state index < -0.39 is 0 Å². The summed E-state index contributed by atoms with van der Waals surface area (Å²) in [7, 11) is 0. The largest absolute Gasteiger partial charge is 0.314 e. The molecule has 0 aliphatic rings. The quantitative estimate of drug-likeness (QED) is 0.847. The van der Waals surface area contributed by atoms with Gasteiger partial charge in [-0.3, -0.25) is 0 Å². The lowest BCUT2D eigenvalue weighted by molar-refractivity contribution is -0.0982. The molecule has 0 aromatic heterocycles. The molecule has 0 fully saturated rings. The molecule has 94 valence electrons. The van der Waals surface area contributed by atoms with Crippen LogP contribution in [0.2, 0.25) is 0 Å². The number of nitrogens with zero attached hydrogens (tertiary/aromatic N) is 1. The van der Waals surface area contributed by atoms with Gasteiger partial charge < -0.3 is 5.21 Å². The van der Waals surface area contributed by atoms with Crippen molar-refractivity contribution in [1.29, 1.82) is 0 Å². The van der Waals surface area contributed by atoms with Crippen molar-refractivity contribution in [3.05, 3.63) is 70.2 Å². The molecular weight excluding hydrogens is 290 g/mol. The van der Waals surface area contributed by atoms with E-state index in [1.165, 1.54) is 10.6 Å². The Bertz CT molecular complexity index is 487. The van der Waals surface area contributed by atoms with Crippen LogP contribution in [0.5, 0.6) is 0 Å². The fraction of sp³-hybridized carbons (Fsp3) is 0.200. The van der Waals surface area contributed by atoms with Crippen molar-refractivity contribution in [2.24, 2.45) is 0 Å². The van der Waals surface area contributed by atoms with Gasteiger partial charge in [0.15, 0.2) is 0 Å². The monoisotopic (exact) mass is 305 g/mol. The number of hydrogen-bond donors (Lipinski definition) is 1. The lowest BCUT2D eigenvalue weighted by atomic mass is 10.1. The van der Waals surface area contributed by atoms with Gasteiger partial charge in [-0.2, -0.15) is 5.06 Å². The Morgan fingerprint density at radius 3 is 2.33 bits per heavy atom. The zero-order chi connectivity index (χ0) is 12.8. The Kier molecular flexibility index (Phi) is 4.93. The van der Waals surface area contributed by atoms with Gasteiger partial charge >= 0.3 is 0 Å². The number of halogens is 1. The summed E-state index contributed by atoms with van der Waals surface area (Å²) >= 11 is 3.51. The highest BCUT2D eigenvalue weighted by molar-refractivity contribution is 9.10. The van der Waals surface area contributed by atoms with E-state index in [2.05, 4.69) is 22.0 Å². The van der Waals surface area contributed by atoms with Crippen LogP contribution in [0.15, 0.2) is 59.1 Å². The van der Waals surface area contributed by atoms with E-state index in [0.29, 0.717) is 13.1 Å². The number of hydrogen-bond acceptors (Lipinski definition) is 2. The second-order valence-corrected chi connectivity index (χ2v) is 5.07. The molecule has 0 radical (unpaired) electrons. The van der Waals surface area contributed by atoms with Gasteiger partial charge in [0.1, 0.15) is 0 Å². The first kappa shape index (κ1) is 13.3. The minimum Gasteiger partial charge on any atom is -0.314 e. The summed E-state index contributed by atoms with van der Waals surface area (Å²) in [4.78, 5) is 0. The SMILES string of the molecule is ON(CCc1ccccc1Br)Cc1ccccc1. The van der Waals surface area contributed by atoms with Crippen molar-refractivity contribution in [3.63, 3.8) is 0 Å². The minimum atomic E-state index is 0.561. The minimum absolute atomic E-state index is 0.561. The summed E-state index contributed by atoms with van der Waals surface area (Å²) in [6, 6.07) is 18.1. The van der Waals surface area contributed by atoms with Gasteiger partial charge in [-0.05, 0) is 23.6 Å². The van der Waals surface area contributed by atoms with Crippen molar-refractivity contribution < 1.29 is 5.21 Å². The van der Waals surface area contributed by atoms with Crippen molar-refractivity contribution in [3.8, 4) is 0 Å². The Labute approximate surface area is 116 Å². The van der Waals surface area contributed by atoms with Gasteiger partial charge in [0.2, 0.25) is 0 Å². The lowest BCUT2D eigenvalue weighted by Crippen LogP contribution is -2.21. The number of rotatable bonds is 5. The predicted octanol–water partition coefficient (Wildman–Crippen LogP) is 3.88. The van der Waals surface area contributed by atoms with Crippen molar-refractivity contribution in [1.82, 2.24) is 5.06 Å². The van der Waals surface area contributed by atoms with E-state index in [9.17, 15) is 5.21 Å². The summed E-state index contributed by atoms with van der Waals surface area (Å²) in [5.41, 5.74) is 2.33. The second-order valence-electron chi connectivity index (χ2n) is 4.22. The molecule has 0 atom stereocenters. The summed E-state index contributed by atoms with van der Waals surface area (Å²) < 4.78 is 1.10. The molecule has 0 spiro atoms. The van der Waals surface area contributed by atoms with E-state index in [1.807, 2.05) is 48.5 Å². The first-order valence-electron chi connectivity index (χ1n) is 5.97. The maximum Gasteiger partial charge on any atom is 0.0488 e. The van der Waals surface area contributed by atoms with Gasteiger partial charge in [0.25, 0.3) is 0 Å². The normalized spacial score (nSPS) is 10.8. The van der Waals surface area contributed by atoms with Crippen LogP contribution in [0.3, 0.4) is 0 Å². The Balaban J connectivity index is 1.86. The molecule has 0 bridgehead atoms. The Morgan fingerprint density at radius 2 is 1.61 bits per heavy atom. The fourth-order valence-electron chi connectivity index (χ4n) is 1.82.